The van der Waals surface area contributed by atoms with E-state index in [0.717, 1.165) is 24.4 Å². The third-order valence-corrected chi connectivity index (χ3v) is 3.45. The first kappa shape index (κ1) is 13.7. The highest BCUT2D eigenvalue weighted by Gasteiger charge is 2.35. The van der Waals surface area contributed by atoms with Crippen molar-refractivity contribution in [2.24, 2.45) is 0 Å². The number of benzene rings is 1. The number of ether oxygens (including phenoxy) is 1. The molecule has 1 unspecified atom stereocenters. The number of piperidine rings is 1. The molecular formula is C14H19NO4. The van der Waals surface area contributed by atoms with Crippen molar-refractivity contribution in [2.75, 3.05) is 25.1 Å². The smallest absolute Gasteiger partial charge is 0.306 e. The lowest BCUT2D eigenvalue weighted by molar-refractivity contribution is -0.142. The molecule has 1 aliphatic rings. The van der Waals surface area contributed by atoms with E-state index in [2.05, 4.69) is 0 Å². The molecule has 1 atom stereocenters. The molecule has 5 nitrogen and oxygen atoms in total. The summed E-state index contributed by atoms with van der Waals surface area (Å²) < 4.78 is 5.18. The van der Waals surface area contributed by atoms with Crippen molar-refractivity contribution in [1.82, 2.24) is 0 Å². The zero-order chi connectivity index (χ0) is 13.9. The summed E-state index contributed by atoms with van der Waals surface area (Å²) in [6.07, 6.45) is 1.09. The van der Waals surface area contributed by atoms with Crippen LogP contribution in [-0.2, 0) is 4.79 Å². The van der Waals surface area contributed by atoms with Crippen molar-refractivity contribution >= 4 is 11.7 Å². The number of nitrogens with zero attached hydrogens (tertiary/aromatic N) is 1. The van der Waals surface area contributed by atoms with Gasteiger partial charge < -0.3 is 19.8 Å². The summed E-state index contributed by atoms with van der Waals surface area (Å²) in [5, 5.41) is 19.2. The molecule has 19 heavy (non-hydrogen) atoms. The quantitative estimate of drug-likeness (QED) is 0.863. The van der Waals surface area contributed by atoms with Gasteiger partial charge in [-0.2, -0.15) is 0 Å². The zero-order valence-corrected chi connectivity index (χ0v) is 11.0. The molecule has 104 valence electrons. The number of carbonyl (C=O) groups is 1. The van der Waals surface area contributed by atoms with Crippen molar-refractivity contribution in [3.63, 3.8) is 0 Å². The predicted octanol–water partition coefficient (Wildman–Crippen LogP) is 1.50. The Morgan fingerprint density at radius 2 is 2.32 bits per heavy atom. The molecule has 0 spiro atoms. The Kier molecular flexibility index (Phi) is 3.95. The van der Waals surface area contributed by atoms with Crippen LogP contribution in [0, 0.1) is 0 Å². The average Bonchev–Trinajstić information content (AvgIpc) is 2.37. The van der Waals surface area contributed by atoms with E-state index in [1.165, 1.54) is 0 Å². The van der Waals surface area contributed by atoms with Crippen molar-refractivity contribution in [2.45, 2.75) is 24.9 Å². The summed E-state index contributed by atoms with van der Waals surface area (Å²) in [7, 11) is 1.61. The van der Waals surface area contributed by atoms with E-state index in [1.807, 2.05) is 29.2 Å². The van der Waals surface area contributed by atoms with Crippen LogP contribution in [0.15, 0.2) is 24.3 Å². The van der Waals surface area contributed by atoms with Crippen LogP contribution < -0.4 is 9.64 Å². The monoisotopic (exact) mass is 265 g/mol. The Hall–Kier alpha value is -1.75. The molecular weight excluding hydrogens is 246 g/mol. The normalized spacial score (nSPS) is 23.2. The number of methoxy groups -OCH3 is 1. The van der Waals surface area contributed by atoms with Gasteiger partial charge in [-0.3, -0.25) is 4.79 Å². The Morgan fingerprint density at radius 1 is 1.53 bits per heavy atom. The first-order valence-electron chi connectivity index (χ1n) is 6.36. The first-order chi connectivity index (χ1) is 9.02. The van der Waals surface area contributed by atoms with Crippen LogP contribution >= 0.6 is 0 Å². The molecule has 1 heterocycles. The third kappa shape index (κ3) is 3.38. The number of anilines is 1. The fourth-order valence-corrected chi connectivity index (χ4v) is 2.57. The summed E-state index contributed by atoms with van der Waals surface area (Å²) >= 11 is 0. The van der Waals surface area contributed by atoms with Crippen molar-refractivity contribution in [3.8, 4) is 5.75 Å². The summed E-state index contributed by atoms with van der Waals surface area (Å²) in [5.41, 5.74) is -0.199. The van der Waals surface area contributed by atoms with Crippen LogP contribution in [0.2, 0.25) is 0 Å². The fourth-order valence-electron chi connectivity index (χ4n) is 2.57. The second-order valence-corrected chi connectivity index (χ2v) is 5.02. The van der Waals surface area contributed by atoms with E-state index in [-0.39, 0.29) is 6.42 Å². The fraction of sp³-hybridized carbons (Fsp3) is 0.500. The van der Waals surface area contributed by atoms with Gasteiger partial charge in [0.05, 0.1) is 19.1 Å². The molecule has 0 saturated carbocycles. The van der Waals surface area contributed by atoms with Crippen LogP contribution in [0.3, 0.4) is 0 Å². The molecule has 0 bridgehead atoms. The lowest BCUT2D eigenvalue weighted by Crippen LogP contribution is -2.49. The highest BCUT2D eigenvalue weighted by Crippen LogP contribution is 2.30. The summed E-state index contributed by atoms with van der Waals surface area (Å²) in [4.78, 5) is 12.8. The van der Waals surface area contributed by atoms with E-state index >= 15 is 0 Å². The van der Waals surface area contributed by atoms with Gasteiger partial charge in [-0.15, -0.1) is 0 Å². The van der Waals surface area contributed by atoms with E-state index < -0.39 is 11.6 Å². The minimum atomic E-state index is -1.15. The molecule has 0 aromatic heterocycles. The van der Waals surface area contributed by atoms with Gasteiger partial charge in [-0.05, 0) is 25.0 Å². The molecule has 1 saturated heterocycles. The Labute approximate surface area is 112 Å². The maximum Gasteiger partial charge on any atom is 0.306 e. The molecule has 1 aromatic rings. The average molecular weight is 265 g/mol. The predicted molar refractivity (Wildman–Crippen MR) is 71.6 cm³/mol. The minimum absolute atomic E-state index is 0.215. The van der Waals surface area contributed by atoms with Crippen LogP contribution in [0.25, 0.3) is 0 Å². The molecule has 1 aromatic carbocycles. The molecule has 0 radical (unpaired) electrons. The summed E-state index contributed by atoms with van der Waals surface area (Å²) in [6, 6.07) is 7.58. The molecule has 2 rings (SSSR count). The maximum absolute atomic E-state index is 10.8. The maximum atomic E-state index is 10.8. The first-order valence-corrected chi connectivity index (χ1v) is 6.36. The van der Waals surface area contributed by atoms with Crippen LogP contribution in [0.5, 0.6) is 5.75 Å². The lowest BCUT2D eigenvalue weighted by atomic mass is 9.89. The second kappa shape index (κ2) is 5.48. The van der Waals surface area contributed by atoms with E-state index in [4.69, 9.17) is 9.84 Å². The van der Waals surface area contributed by atoms with Gasteiger partial charge in [-0.1, -0.05) is 6.07 Å². The van der Waals surface area contributed by atoms with Crippen LogP contribution in [0.4, 0.5) is 5.69 Å². The van der Waals surface area contributed by atoms with Gasteiger partial charge in [0.2, 0.25) is 0 Å². The van der Waals surface area contributed by atoms with Gasteiger partial charge in [-0.25, -0.2) is 0 Å². The van der Waals surface area contributed by atoms with Gasteiger partial charge in [0.15, 0.2) is 0 Å². The van der Waals surface area contributed by atoms with E-state index in [1.54, 1.807) is 7.11 Å². The van der Waals surface area contributed by atoms with E-state index in [0.29, 0.717) is 13.0 Å². The number of carboxylic acid groups (broad SMARTS) is 1. The summed E-state index contributed by atoms with van der Waals surface area (Å²) in [6.45, 7) is 1.15. The van der Waals surface area contributed by atoms with E-state index in [9.17, 15) is 9.90 Å². The number of rotatable bonds is 4. The standard InChI is InChI=1S/C14H19NO4/c1-19-12-5-2-4-11(8-12)15-7-3-6-14(18,10-15)9-13(16)17/h2,4-5,8,18H,3,6-7,9-10H2,1H3,(H,16,17). The second-order valence-electron chi connectivity index (χ2n) is 5.02. The number of hydrogen-bond acceptors (Lipinski definition) is 4. The van der Waals surface area contributed by atoms with Gasteiger partial charge in [0, 0.05) is 24.8 Å². The Bertz CT molecular complexity index is 463. The highest BCUT2D eigenvalue weighted by molar-refractivity contribution is 5.68. The van der Waals surface area contributed by atoms with Gasteiger partial charge in [0.25, 0.3) is 0 Å². The largest absolute Gasteiger partial charge is 0.497 e. The Morgan fingerprint density at radius 3 is 3.00 bits per heavy atom. The number of aliphatic carboxylic acids is 1. The SMILES string of the molecule is COc1cccc(N2CCCC(O)(CC(=O)O)C2)c1. The lowest BCUT2D eigenvalue weighted by Gasteiger charge is -2.39. The molecule has 1 fully saturated rings. The van der Waals surface area contributed by atoms with Crippen LogP contribution in [-0.4, -0.2) is 42.0 Å². The van der Waals surface area contributed by atoms with Crippen molar-refractivity contribution < 1.29 is 19.7 Å². The number of hydrogen-bond donors (Lipinski definition) is 2. The highest BCUT2D eigenvalue weighted by atomic mass is 16.5. The number of carboxylic acids is 1. The minimum Gasteiger partial charge on any atom is -0.497 e. The zero-order valence-electron chi connectivity index (χ0n) is 11.0. The Balaban J connectivity index is 2.14. The number of β-amino-alcohol motifs (C(OH)–C–C–N with tert-alkyl or cyclic N) is 1. The number of aliphatic hydroxyl groups is 1. The topological polar surface area (TPSA) is 70.0 Å². The van der Waals surface area contributed by atoms with Crippen molar-refractivity contribution in [3.05, 3.63) is 24.3 Å². The van der Waals surface area contributed by atoms with Crippen LogP contribution in [0.1, 0.15) is 19.3 Å². The molecule has 2 N–H and O–H groups in total. The molecule has 0 aliphatic carbocycles. The van der Waals surface area contributed by atoms with Gasteiger partial charge in [0.1, 0.15) is 5.75 Å². The summed E-state index contributed by atoms with van der Waals surface area (Å²) in [5.74, 6) is -0.208. The van der Waals surface area contributed by atoms with Crippen molar-refractivity contribution in [1.29, 1.82) is 0 Å². The molecule has 1 aliphatic heterocycles. The van der Waals surface area contributed by atoms with Gasteiger partial charge >= 0.3 is 5.97 Å². The molecule has 0 amide bonds. The third-order valence-electron chi connectivity index (χ3n) is 3.45. The molecule has 5 heteroatoms.